The first-order valence-corrected chi connectivity index (χ1v) is 7.09. The maximum Gasteiger partial charge on any atom is 0.303 e. The van der Waals surface area contributed by atoms with Crippen LogP contribution in [0.3, 0.4) is 0 Å². The number of carboxylic acid groups (broad SMARTS) is 1. The molecule has 102 valence electrons. The van der Waals surface area contributed by atoms with E-state index in [-0.39, 0.29) is 0 Å². The molecule has 17 heavy (non-hydrogen) atoms. The summed E-state index contributed by atoms with van der Waals surface area (Å²) in [5, 5.41) is 12.3. The molecule has 0 amide bonds. The maximum absolute atomic E-state index is 10.6. The Balaban J connectivity index is 3.79. The summed E-state index contributed by atoms with van der Waals surface area (Å²) in [5.74, 6) is -0.1000. The van der Waals surface area contributed by atoms with E-state index in [0.717, 1.165) is 32.2 Å². The Labute approximate surface area is 106 Å². The van der Waals surface area contributed by atoms with Crippen LogP contribution >= 0.6 is 0 Å². The fourth-order valence-corrected chi connectivity index (χ4v) is 2.24. The van der Waals surface area contributed by atoms with Gasteiger partial charge in [0.15, 0.2) is 0 Å². The van der Waals surface area contributed by atoms with Gasteiger partial charge in [0.05, 0.1) is 0 Å². The molecule has 0 aliphatic carbocycles. The zero-order valence-electron chi connectivity index (χ0n) is 11.7. The molecule has 0 saturated carbocycles. The topological polar surface area (TPSA) is 49.3 Å². The first-order chi connectivity index (χ1) is 8.13. The number of hydrogen-bond donors (Lipinski definition) is 2. The summed E-state index contributed by atoms with van der Waals surface area (Å²) in [6.45, 7) is 7.60. The van der Waals surface area contributed by atoms with Gasteiger partial charge < -0.3 is 10.4 Å². The number of hydrogen-bond acceptors (Lipinski definition) is 2. The van der Waals surface area contributed by atoms with Crippen LogP contribution in [-0.2, 0) is 4.79 Å². The average Bonchev–Trinajstić information content (AvgIpc) is 2.31. The average molecular weight is 243 g/mol. The minimum atomic E-state index is -0.668. The van der Waals surface area contributed by atoms with Gasteiger partial charge >= 0.3 is 5.97 Å². The third-order valence-corrected chi connectivity index (χ3v) is 3.43. The van der Waals surface area contributed by atoms with Crippen LogP contribution in [0.15, 0.2) is 0 Å². The summed E-state index contributed by atoms with van der Waals surface area (Å²) in [6.07, 6.45) is 6.89. The van der Waals surface area contributed by atoms with E-state index in [1.165, 1.54) is 12.8 Å². The van der Waals surface area contributed by atoms with Crippen LogP contribution in [0.2, 0.25) is 0 Å². The van der Waals surface area contributed by atoms with Gasteiger partial charge in [0.1, 0.15) is 0 Å². The van der Waals surface area contributed by atoms with E-state index in [9.17, 15) is 4.79 Å². The molecule has 0 aromatic heterocycles. The zero-order chi connectivity index (χ0) is 13.1. The van der Waals surface area contributed by atoms with Crippen molar-refractivity contribution in [2.24, 2.45) is 5.92 Å². The fourth-order valence-electron chi connectivity index (χ4n) is 2.24. The first kappa shape index (κ1) is 16.4. The van der Waals surface area contributed by atoms with Gasteiger partial charge in [-0.1, -0.05) is 33.6 Å². The Kier molecular flexibility index (Phi) is 10.2. The molecular formula is C14H29NO2. The molecule has 0 radical (unpaired) electrons. The molecule has 0 aliphatic heterocycles. The van der Waals surface area contributed by atoms with Crippen LogP contribution in [0.1, 0.15) is 65.7 Å². The number of rotatable bonds is 11. The van der Waals surface area contributed by atoms with Crippen LogP contribution in [0.5, 0.6) is 0 Å². The number of nitrogens with one attached hydrogen (secondary N) is 1. The third-order valence-electron chi connectivity index (χ3n) is 3.43. The standard InChI is InChI=1S/C14H29NO2/c1-4-7-12(8-9-14(16)17)10-11-15-13(5-2)6-3/h12-13,15H,4-11H2,1-3H3,(H,16,17). The van der Waals surface area contributed by atoms with Crippen molar-refractivity contribution >= 4 is 5.97 Å². The van der Waals surface area contributed by atoms with Crippen LogP contribution in [-0.4, -0.2) is 23.7 Å². The predicted molar refractivity (Wildman–Crippen MR) is 72.3 cm³/mol. The number of aliphatic carboxylic acids is 1. The molecule has 3 nitrogen and oxygen atoms in total. The van der Waals surface area contributed by atoms with E-state index in [1.807, 2.05) is 0 Å². The molecule has 0 fully saturated rings. The van der Waals surface area contributed by atoms with Gasteiger partial charge in [-0.3, -0.25) is 4.79 Å². The summed E-state index contributed by atoms with van der Waals surface area (Å²) < 4.78 is 0. The van der Waals surface area contributed by atoms with Crippen molar-refractivity contribution in [1.29, 1.82) is 0 Å². The highest BCUT2D eigenvalue weighted by atomic mass is 16.4. The van der Waals surface area contributed by atoms with Gasteiger partial charge in [0.2, 0.25) is 0 Å². The Bertz CT molecular complexity index is 191. The fraction of sp³-hybridized carbons (Fsp3) is 0.929. The molecule has 0 aliphatic rings. The zero-order valence-corrected chi connectivity index (χ0v) is 11.7. The van der Waals surface area contributed by atoms with E-state index < -0.39 is 5.97 Å². The van der Waals surface area contributed by atoms with Gasteiger partial charge in [-0.05, 0) is 38.1 Å². The van der Waals surface area contributed by atoms with Crippen LogP contribution in [0, 0.1) is 5.92 Å². The van der Waals surface area contributed by atoms with E-state index >= 15 is 0 Å². The van der Waals surface area contributed by atoms with Crippen LogP contribution in [0.4, 0.5) is 0 Å². The van der Waals surface area contributed by atoms with Gasteiger partial charge in [-0.2, -0.15) is 0 Å². The molecule has 2 N–H and O–H groups in total. The monoisotopic (exact) mass is 243 g/mol. The van der Waals surface area contributed by atoms with Crippen molar-refractivity contribution in [3.63, 3.8) is 0 Å². The van der Waals surface area contributed by atoms with E-state index in [4.69, 9.17) is 5.11 Å². The lowest BCUT2D eigenvalue weighted by molar-refractivity contribution is -0.137. The molecule has 0 rings (SSSR count). The Morgan fingerprint density at radius 3 is 2.24 bits per heavy atom. The van der Waals surface area contributed by atoms with Crippen molar-refractivity contribution in [3.8, 4) is 0 Å². The lowest BCUT2D eigenvalue weighted by Crippen LogP contribution is -2.29. The van der Waals surface area contributed by atoms with E-state index in [1.54, 1.807) is 0 Å². The SMILES string of the molecule is CCCC(CCNC(CC)CC)CCC(=O)O. The predicted octanol–water partition coefficient (Wildman–Crippen LogP) is 3.44. The van der Waals surface area contributed by atoms with Gasteiger partial charge in [0, 0.05) is 12.5 Å². The summed E-state index contributed by atoms with van der Waals surface area (Å²) in [5.41, 5.74) is 0. The highest BCUT2D eigenvalue weighted by molar-refractivity contribution is 5.66. The smallest absolute Gasteiger partial charge is 0.303 e. The van der Waals surface area contributed by atoms with Crippen LogP contribution in [0.25, 0.3) is 0 Å². The molecule has 1 atom stereocenters. The largest absolute Gasteiger partial charge is 0.481 e. The van der Waals surface area contributed by atoms with E-state index in [2.05, 4.69) is 26.1 Å². The Morgan fingerprint density at radius 2 is 1.76 bits per heavy atom. The molecular weight excluding hydrogens is 214 g/mol. The maximum atomic E-state index is 10.6. The molecule has 0 saturated heterocycles. The summed E-state index contributed by atoms with van der Waals surface area (Å²) in [7, 11) is 0. The molecule has 0 aromatic rings. The highest BCUT2D eigenvalue weighted by Crippen LogP contribution is 2.17. The normalized spacial score (nSPS) is 12.9. The van der Waals surface area contributed by atoms with Crippen molar-refractivity contribution in [1.82, 2.24) is 5.32 Å². The number of carboxylic acids is 1. The van der Waals surface area contributed by atoms with Crippen molar-refractivity contribution in [3.05, 3.63) is 0 Å². The lowest BCUT2D eigenvalue weighted by atomic mass is 9.94. The van der Waals surface area contributed by atoms with Gasteiger partial charge in [-0.15, -0.1) is 0 Å². The minimum absolute atomic E-state index is 0.315. The summed E-state index contributed by atoms with van der Waals surface area (Å²) >= 11 is 0. The number of carbonyl (C=O) groups is 1. The molecule has 3 heteroatoms. The lowest BCUT2D eigenvalue weighted by Gasteiger charge is -2.19. The minimum Gasteiger partial charge on any atom is -0.481 e. The quantitative estimate of drug-likeness (QED) is 0.584. The summed E-state index contributed by atoms with van der Waals surface area (Å²) in [4.78, 5) is 10.6. The van der Waals surface area contributed by atoms with Gasteiger partial charge in [0.25, 0.3) is 0 Å². The third kappa shape index (κ3) is 9.16. The second-order valence-corrected chi connectivity index (χ2v) is 4.84. The second-order valence-electron chi connectivity index (χ2n) is 4.84. The van der Waals surface area contributed by atoms with E-state index in [0.29, 0.717) is 18.4 Å². The van der Waals surface area contributed by atoms with Crippen molar-refractivity contribution in [2.75, 3.05) is 6.54 Å². The molecule has 1 unspecified atom stereocenters. The molecule has 0 aromatic carbocycles. The first-order valence-electron chi connectivity index (χ1n) is 7.09. The Morgan fingerprint density at radius 1 is 1.12 bits per heavy atom. The summed E-state index contributed by atoms with van der Waals surface area (Å²) in [6, 6.07) is 0.622. The molecule has 0 heterocycles. The van der Waals surface area contributed by atoms with Gasteiger partial charge in [-0.25, -0.2) is 0 Å². The Hall–Kier alpha value is -0.570. The highest BCUT2D eigenvalue weighted by Gasteiger charge is 2.10. The molecule has 0 bridgehead atoms. The van der Waals surface area contributed by atoms with Crippen LogP contribution < -0.4 is 5.32 Å². The van der Waals surface area contributed by atoms with Crippen molar-refractivity contribution < 1.29 is 9.90 Å². The second kappa shape index (κ2) is 10.6. The molecule has 0 spiro atoms. The van der Waals surface area contributed by atoms with Crippen molar-refractivity contribution in [2.45, 2.75) is 71.8 Å².